The lowest BCUT2D eigenvalue weighted by molar-refractivity contribution is -0.0423. The number of nitrogens with zero attached hydrogens (tertiary/aromatic N) is 2. The Kier molecular flexibility index (Phi) is 2.35. The number of hydrazine groups is 1. The van der Waals surface area contributed by atoms with E-state index in [1.807, 2.05) is 0 Å². The fourth-order valence-electron chi connectivity index (χ4n) is 1.18. The monoisotopic (exact) mass is 171 g/mol. The molecule has 0 aliphatic carbocycles. The Morgan fingerprint density at radius 1 is 1.27 bits per heavy atom. The molecule has 0 spiro atoms. The van der Waals surface area contributed by atoms with E-state index in [0.717, 1.165) is 26.3 Å². The number of hydrogen-bond acceptors (Lipinski definition) is 4. The molecule has 11 heavy (non-hydrogen) atoms. The number of hydrogen-bond donors (Lipinski definition) is 0. The second kappa shape index (κ2) is 3.47. The minimum Gasteiger partial charge on any atom is -0.379 e. The average Bonchev–Trinajstić information content (AvgIpc) is 2.58. The van der Waals surface area contributed by atoms with Crippen molar-refractivity contribution in [2.24, 2.45) is 0 Å². The summed E-state index contributed by atoms with van der Waals surface area (Å²) >= 11 is 1.71. The van der Waals surface area contributed by atoms with E-state index in [-0.39, 0.29) is 0 Å². The zero-order chi connectivity index (χ0) is 7.52. The smallest absolute Gasteiger partial charge is 0.126 e. The molecule has 0 amide bonds. The number of morpholine rings is 1. The normalized spacial score (nSPS) is 26.4. The van der Waals surface area contributed by atoms with Crippen molar-refractivity contribution in [2.45, 2.75) is 0 Å². The van der Waals surface area contributed by atoms with Gasteiger partial charge < -0.3 is 4.74 Å². The van der Waals surface area contributed by atoms with Gasteiger partial charge in [0.25, 0.3) is 0 Å². The van der Waals surface area contributed by atoms with E-state index in [2.05, 4.69) is 27.5 Å². The summed E-state index contributed by atoms with van der Waals surface area (Å²) in [5.41, 5.74) is 0. The molecule has 0 saturated carbocycles. The molecular formula is C7H11N2OS. The summed E-state index contributed by atoms with van der Waals surface area (Å²) in [7, 11) is 0. The Bertz CT molecular complexity index is 157. The van der Waals surface area contributed by atoms with E-state index in [0.29, 0.717) is 0 Å². The van der Waals surface area contributed by atoms with Crippen LogP contribution in [0.3, 0.4) is 0 Å². The summed E-state index contributed by atoms with van der Waals surface area (Å²) in [6.07, 6.45) is 2.08. The number of ether oxygens (including phenoxy) is 1. The van der Waals surface area contributed by atoms with Crippen LogP contribution < -0.4 is 0 Å². The molecule has 4 heteroatoms. The lowest BCUT2D eigenvalue weighted by Crippen LogP contribution is -2.43. The van der Waals surface area contributed by atoms with Gasteiger partial charge in [0, 0.05) is 19.3 Å². The molecule has 0 aromatic heterocycles. The summed E-state index contributed by atoms with van der Waals surface area (Å²) in [6, 6.07) is 0. The molecule has 2 aliphatic rings. The standard InChI is InChI=1S/C7H11N2OS/c1-4-10-5-2-8(1)9-3-6-11-7-9/h3,6-7H,1-2,4-5H2. The van der Waals surface area contributed by atoms with Crippen molar-refractivity contribution in [1.82, 2.24) is 10.0 Å². The third-order valence-electron chi connectivity index (χ3n) is 1.78. The van der Waals surface area contributed by atoms with E-state index in [9.17, 15) is 0 Å². The van der Waals surface area contributed by atoms with E-state index >= 15 is 0 Å². The highest BCUT2D eigenvalue weighted by Gasteiger charge is 2.17. The Morgan fingerprint density at radius 3 is 2.73 bits per heavy atom. The van der Waals surface area contributed by atoms with Gasteiger partial charge in [-0.1, -0.05) is 0 Å². The van der Waals surface area contributed by atoms with Gasteiger partial charge in [-0.15, -0.1) is 11.8 Å². The van der Waals surface area contributed by atoms with Crippen molar-refractivity contribution >= 4 is 11.8 Å². The van der Waals surface area contributed by atoms with Crippen molar-refractivity contribution in [3.05, 3.63) is 17.5 Å². The van der Waals surface area contributed by atoms with Crippen LogP contribution in [0, 0.1) is 5.88 Å². The van der Waals surface area contributed by atoms with Crippen LogP contribution in [0.4, 0.5) is 0 Å². The van der Waals surface area contributed by atoms with Gasteiger partial charge in [0.2, 0.25) is 0 Å². The van der Waals surface area contributed by atoms with Crippen molar-refractivity contribution in [3.8, 4) is 0 Å². The molecular weight excluding hydrogens is 160 g/mol. The molecule has 0 aromatic carbocycles. The first-order valence-electron chi connectivity index (χ1n) is 3.73. The van der Waals surface area contributed by atoms with Crippen molar-refractivity contribution < 1.29 is 4.74 Å². The van der Waals surface area contributed by atoms with Crippen LogP contribution >= 0.6 is 11.8 Å². The van der Waals surface area contributed by atoms with Gasteiger partial charge in [0.05, 0.1) is 13.2 Å². The van der Waals surface area contributed by atoms with Crippen LogP contribution in [0.5, 0.6) is 0 Å². The van der Waals surface area contributed by atoms with Crippen molar-refractivity contribution in [2.75, 3.05) is 26.3 Å². The summed E-state index contributed by atoms with van der Waals surface area (Å²) in [5, 5.41) is 6.49. The highest BCUT2D eigenvalue weighted by molar-refractivity contribution is 8.04. The first-order chi connectivity index (χ1) is 5.47. The zero-order valence-electron chi connectivity index (χ0n) is 6.27. The second-order valence-corrected chi connectivity index (χ2v) is 3.23. The van der Waals surface area contributed by atoms with Gasteiger partial charge in [-0.2, -0.15) is 0 Å². The van der Waals surface area contributed by atoms with E-state index in [4.69, 9.17) is 4.74 Å². The van der Waals surface area contributed by atoms with Crippen LogP contribution in [0.1, 0.15) is 0 Å². The fourth-order valence-corrected chi connectivity index (χ4v) is 1.77. The maximum atomic E-state index is 5.25. The lowest BCUT2D eigenvalue weighted by atomic mass is 10.5. The highest BCUT2D eigenvalue weighted by atomic mass is 32.2. The maximum Gasteiger partial charge on any atom is 0.126 e. The SMILES string of the molecule is [CH]1SC=CN1N1CCOCC1. The molecule has 61 valence electrons. The van der Waals surface area contributed by atoms with Crippen molar-refractivity contribution in [3.63, 3.8) is 0 Å². The molecule has 1 saturated heterocycles. The van der Waals surface area contributed by atoms with Crippen LogP contribution in [-0.4, -0.2) is 36.3 Å². The van der Waals surface area contributed by atoms with E-state index < -0.39 is 0 Å². The molecule has 2 rings (SSSR count). The zero-order valence-corrected chi connectivity index (χ0v) is 7.09. The minimum atomic E-state index is 0.850. The Hall–Kier alpha value is -0.190. The molecule has 2 aliphatic heterocycles. The van der Waals surface area contributed by atoms with Gasteiger partial charge in [-0.05, 0) is 5.41 Å². The molecule has 2 heterocycles. The van der Waals surface area contributed by atoms with Crippen LogP contribution in [0.2, 0.25) is 0 Å². The summed E-state index contributed by atoms with van der Waals surface area (Å²) in [5.74, 6) is 2.10. The first-order valence-corrected chi connectivity index (χ1v) is 4.67. The average molecular weight is 171 g/mol. The number of rotatable bonds is 1. The molecule has 0 unspecified atom stereocenters. The number of thioether (sulfide) groups is 1. The Balaban J connectivity index is 1.87. The Labute approximate surface area is 71.0 Å². The van der Waals surface area contributed by atoms with Gasteiger partial charge in [0.15, 0.2) is 0 Å². The van der Waals surface area contributed by atoms with Crippen LogP contribution in [-0.2, 0) is 4.74 Å². The largest absolute Gasteiger partial charge is 0.379 e. The first kappa shape index (κ1) is 7.46. The molecule has 0 atom stereocenters. The second-order valence-electron chi connectivity index (χ2n) is 2.47. The molecule has 0 N–H and O–H groups in total. The van der Waals surface area contributed by atoms with Gasteiger partial charge in [-0.25, -0.2) is 5.01 Å². The fraction of sp³-hybridized carbons (Fsp3) is 0.571. The Morgan fingerprint density at radius 2 is 2.09 bits per heavy atom. The molecule has 3 nitrogen and oxygen atoms in total. The van der Waals surface area contributed by atoms with Crippen LogP contribution in [0.25, 0.3) is 0 Å². The molecule has 1 radical (unpaired) electrons. The predicted molar refractivity (Wildman–Crippen MR) is 45.3 cm³/mol. The van der Waals surface area contributed by atoms with E-state index in [1.165, 1.54) is 0 Å². The summed E-state index contributed by atoms with van der Waals surface area (Å²) in [4.78, 5) is 0. The molecule has 0 bridgehead atoms. The summed E-state index contributed by atoms with van der Waals surface area (Å²) in [6.45, 7) is 3.70. The van der Waals surface area contributed by atoms with Gasteiger partial charge >= 0.3 is 0 Å². The van der Waals surface area contributed by atoms with Gasteiger partial charge in [-0.3, -0.25) is 5.01 Å². The molecule has 0 aromatic rings. The lowest BCUT2D eigenvalue weighted by Gasteiger charge is -2.33. The third-order valence-corrected chi connectivity index (χ3v) is 2.39. The summed E-state index contributed by atoms with van der Waals surface area (Å²) < 4.78 is 5.25. The topological polar surface area (TPSA) is 15.7 Å². The van der Waals surface area contributed by atoms with Gasteiger partial charge in [0.1, 0.15) is 5.88 Å². The highest BCUT2D eigenvalue weighted by Crippen LogP contribution is 2.22. The maximum absolute atomic E-state index is 5.25. The molecule has 1 fully saturated rings. The third kappa shape index (κ3) is 1.69. The predicted octanol–water partition coefficient (Wildman–Crippen LogP) is 0.873. The minimum absolute atomic E-state index is 0.850. The quantitative estimate of drug-likeness (QED) is 0.581. The van der Waals surface area contributed by atoms with Crippen LogP contribution in [0.15, 0.2) is 11.6 Å². The van der Waals surface area contributed by atoms with E-state index in [1.54, 1.807) is 11.8 Å². The van der Waals surface area contributed by atoms with Crippen molar-refractivity contribution in [1.29, 1.82) is 0 Å².